The summed E-state index contributed by atoms with van der Waals surface area (Å²) in [6, 6.07) is 9.52. The normalized spacial score (nSPS) is 11.6. The first kappa shape index (κ1) is 15.9. The number of hydrogen-bond donors (Lipinski definition) is 0. The quantitative estimate of drug-likeness (QED) is 0.511. The molecular weight excluding hydrogens is 275 g/mol. The van der Waals surface area contributed by atoms with Gasteiger partial charge in [0.25, 0.3) is 0 Å². The van der Waals surface area contributed by atoms with Crippen molar-refractivity contribution in [3.05, 3.63) is 36.2 Å². The van der Waals surface area contributed by atoms with Crippen molar-refractivity contribution < 1.29 is 61.0 Å². The van der Waals surface area contributed by atoms with Crippen LogP contribution in [-0.2, 0) is 6.42 Å². The Balaban J connectivity index is 0.00000162. The average Bonchev–Trinajstić information content (AvgIpc) is 2.78. The maximum Gasteiger partial charge on any atom is 1.00 e. The van der Waals surface area contributed by atoms with E-state index in [1.165, 1.54) is 0 Å². The molecule has 0 N–H and O–H groups in total. The summed E-state index contributed by atoms with van der Waals surface area (Å²) in [7, 11) is 0. The van der Waals surface area contributed by atoms with Crippen LogP contribution in [0.5, 0.6) is 0 Å². The van der Waals surface area contributed by atoms with E-state index >= 15 is 0 Å². The maximum atomic E-state index is 10.9. The summed E-state index contributed by atoms with van der Waals surface area (Å²) in [6.45, 7) is 1.75. The molecule has 0 radical (unpaired) electrons. The molecule has 0 spiro atoms. The van der Waals surface area contributed by atoms with E-state index in [0.717, 1.165) is 5.56 Å². The van der Waals surface area contributed by atoms with Gasteiger partial charge in [0, 0.05) is 12.0 Å². The molecule has 1 atom stereocenters. The fourth-order valence-corrected chi connectivity index (χ4v) is 1.47. The zero-order chi connectivity index (χ0) is 12.3. The van der Waals surface area contributed by atoms with Gasteiger partial charge in [-0.2, -0.15) is 4.98 Å². The topological polar surface area (TPSA) is 62.0 Å². The van der Waals surface area contributed by atoms with Crippen molar-refractivity contribution >= 4 is 17.3 Å². The average molecular weight is 286 g/mol. The molecule has 0 aliphatic rings. The molecule has 4 nitrogen and oxygen atoms in total. The predicted octanol–water partition coefficient (Wildman–Crippen LogP) is -1.39. The van der Waals surface area contributed by atoms with Crippen molar-refractivity contribution in [3.8, 4) is 11.4 Å². The molecule has 0 unspecified atom stereocenters. The third kappa shape index (κ3) is 4.22. The van der Waals surface area contributed by atoms with Crippen LogP contribution >= 0.6 is 12.2 Å². The third-order valence-electron chi connectivity index (χ3n) is 2.38. The van der Waals surface area contributed by atoms with Crippen molar-refractivity contribution in [2.24, 2.45) is 5.92 Å². The second kappa shape index (κ2) is 7.47. The summed E-state index contributed by atoms with van der Waals surface area (Å²) in [5.41, 5.74) is 0.889. The molecule has 2 rings (SSSR count). The number of nitrogens with zero attached hydrogens (tertiary/aromatic N) is 2. The van der Waals surface area contributed by atoms with Gasteiger partial charge in [0.2, 0.25) is 11.7 Å². The van der Waals surface area contributed by atoms with Crippen LogP contribution in [0.2, 0.25) is 0 Å². The van der Waals surface area contributed by atoms with Crippen molar-refractivity contribution in [1.82, 2.24) is 10.1 Å². The fraction of sp³-hybridized carbons (Fsp3) is 0.250. The Morgan fingerprint density at radius 1 is 1.39 bits per heavy atom. The monoisotopic (exact) mass is 286 g/mol. The zero-order valence-corrected chi connectivity index (χ0v) is 14.2. The van der Waals surface area contributed by atoms with Crippen LogP contribution in [0.25, 0.3) is 11.4 Å². The van der Waals surface area contributed by atoms with Crippen LogP contribution in [0.1, 0.15) is 12.8 Å². The maximum absolute atomic E-state index is 10.9. The van der Waals surface area contributed by atoms with E-state index in [2.05, 4.69) is 22.4 Å². The summed E-state index contributed by atoms with van der Waals surface area (Å²) in [5, 5.41) is 14.5. The molecule has 18 heavy (non-hydrogen) atoms. The minimum Gasteiger partial charge on any atom is -0.867 e. The van der Waals surface area contributed by atoms with Gasteiger partial charge in [0.05, 0.1) is 0 Å². The van der Waals surface area contributed by atoms with E-state index in [1.807, 2.05) is 30.3 Å². The summed E-state index contributed by atoms with van der Waals surface area (Å²) < 4.78 is 5.08. The SMILES string of the molecule is C[C@@H](Cc1nc(-c2ccccc2)no1)C([O-])=S.[K+]. The van der Waals surface area contributed by atoms with Gasteiger partial charge >= 0.3 is 51.4 Å². The molecule has 6 heteroatoms. The Morgan fingerprint density at radius 3 is 2.67 bits per heavy atom. The van der Waals surface area contributed by atoms with Gasteiger partial charge in [-0.3, -0.25) is 0 Å². The van der Waals surface area contributed by atoms with Gasteiger partial charge in [-0.25, -0.2) is 0 Å². The van der Waals surface area contributed by atoms with E-state index < -0.39 is 0 Å². The number of rotatable bonds is 4. The van der Waals surface area contributed by atoms with Gasteiger partial charge in [0.1, 0.15) is 0 Å². The second-order valence-electron chi connectivity index (χ2n) is 3.80. The summed E-state index contributed by atoms with van der Waals surface area (Å²) in [6.07, 6.45) is 0.391. The van der Waals surface area contributed by atoms with Crippen molar-refractivity contribution in [2.45, 2.75) is 13.3 Å². The van der Waals surface area contributed by atoms with Crippen LogP contribution in [-0.4, -0.2) is 15.2 Å². The van der Waals surface area contributed by atoms with Crippen LogP contribution in [0, 0.1) is 5.92 Å². The van der Waals surface area contributed by atoms with E-state index in [9.17, 15) is 5.11 Å². The summed E-state index contributed by atoms with van der Waals surface area (Å²) in [5.74, 6) is 0.702. The molecule has 1 heterocycles. The van der Waals surface area contributed by atoms with Crippen LogP contribution in [0.4, 0.5) is 0 Å². The molecule has 1 aromatic heterocycles. The van der Waals surface area contributed by atoms with Gasteiger partial charge in [-0.15, -0.1) is 12.2 Å². The first-order valence-corrected chi connectivity index (χ1v) is 5.66. The Morgan fingerprint density at radius 2 is 2.06 bits per heavy atom. The standard InChI is InChI=1S/C12H12N2O2S.K/c1-8(12(15)17)7-10-13-11(14-16-10)9-5-3-2-4-6-9;/h2-6,8H,7H2,1H3,(H,15,17);/q;+1/p-1/t8-;/m0./s1. The Bertz CT molecular complexity index is 516. The summed E-state index contributed by atoms with van der Waals surface area (Å²) >= 11 is 4.57. The third-order valence-corrected chi connectivity index (χ3v) is 2.79. The van der Waals surface area contributed by atoms with E-state index in [4.69, 9.17) is 4.52 Å². The Labute approximate surface area is 153 Å². The first-order chi connectivity index (χ1) is 8.16. The van der Waals surface area contributed by atoms with Crippen molar-refractivity contribution in [3.63, 3.8) is 0 Å². The van der Waals surface area contributed by atoms with E-state index in [1.54, 1.807) is 6.92 Å². The first-order valence-electron chi connectivity index (χ1n) is 5.25. The van der Waals surface area contributed by atoms with Gasteiger partial charge < -0.3 is 9.63 Å². The second-order valence-corrected chi connectivity index (χ2v) is 4.20. The molecule has 0 saturated heterocycles. The molecule has 2 aromatic rings. The fourth-order valence-electron chi connectivity index (χ4n) is 1.39. The molecule has 0 amide bonds. The molecule has 0 fully saturated rings. The van der Waals surface area contributed by atoms with E-state index in [0.29, 0.717) is 18.1 Å². The molecular formula is C12H11KN2O2S. The van der Waals surface area contributed by atoms with Crippen LogP contribution < -0.4 is 56.5 Å². The molecule has 0 aliphatic heterocycles. The molecule has 1 aromatic carbocycles. The summed E-state index contributed by atoms with van der Waals surface area (Å²) in [4.78, 5) is 4.23. The Hall–Kier alpha value is -0.114. The number of benzene rings is 1. The van der Waals surface area contributed by atoms with Crippen molar-refractivity contribution in [1.29, 1.82) is 0 Å². The minimum atomic E-state index is -0.288. The number of aromatic nitrogens is 2. The molecule has 88 valence electrons. The van der Waals surface area contributed by atoms with Crippen LogP contribution in [0.15, 0.2) is 34.9 Å². The van der Waals surface area contributed by atoms with Crippen LogP contribution in [0.3, 0.4) is 0 Å². The van der Waals surface area contributed by atoms with Gasteiger partial charge in [-0.05, 0) is 5.92 Å². The van der Waals surface area contributed by atoms with Gasteiger partial charge in [0.15, 0.2) is 0 Å². The molecule has 0 bridgehead atoms. The molecule has 0 saturated carbocycles. The smallest absolute Gasteiger partial charge is 0.867 e. The largest absolute Gasteiger partial charge is 1.00 e. The van der Waals surface area contributed by atoms with Crippen molar-refractivity contribution in [2.75, 3.05) is 0 Å². The van der Waals surface area contributed by atoms with Gasteiger partial charge in [-0.1, -0.05) is 47.5 Å². The van der Waals surface area contributed by atoms with E-state index in [-0.39, 0.29) is 62.4 Å². The predicted molar refractivity (Wildman–Crippen MR) is 65.2 cm³/mol. The number of thiocarbonyl (C=S) groups is 1. The molecule has 0 aliphatic carbocycles. The zero-order valence-electron chi connectivity index (χ0n) is 10.3. The number of hydrogen-bond acceptors (Lipinski definition) is 5. The Kier molecular flexibility index (Phi) is 6.62. The minimum absolute atomic E-state index is 0.